The first-order valence-electron chi connectivity index (χ1n) is 9.27. The summed E-state index contributed by atoms with van der Waals surface area (Å²) in [6, 6.07) is 23.2. The number of hydrogen-bond donors (Lipinski definition) is 0. The van der Waals surface area contributed by atoms with Gasteiger partial charge in [-0.15, -0.1) is 0 Å². The lowest BCUT2D eigenvalue weighted by molar-refractivity contribution is -0.672. The number of aryl methyl sites for hydroxylation is 1. The molecule has 0 fully saturated rings. The highest BCUT2D eigenvalue weighted by Gasteiger charge is 2.20. The van der Waals surface area contributed by atoms with E-state index in [1.54, 1.807) is 0 Å². The molecule has 3 heteroatoms. The lowest BCUT2D eigenvalue weighted by atomic mass is 10.1. The summed E-state index contributed by atoms with van der Waals surface area (Å²) >= 11 is 0. The Balaban J connectivity index is 1.80. The van der Waals surface area contributed by atoms with Crippen molar-refractivity contribution in [3.8, 4) is 5.69 Å². The highest BCUT2D eigenvalue weighted by Crippen LogP contribution is 2.33. The minimum absolute atomic E-state index is 0.935. The Labute approximate surface area is 152 Å². The summed E-state index contributed by atoms with van der Waals surface area (Å²) in [6.45, 7) is 3.26. The minimum Gasteiger partial charge on any atom is -0.452 e. The zero-order valence-corrected chi connectivity index (χ0v) is 14.9. The van der Waals surface area contributed by atoms with E-state index >= 15 is 0 Å². The monoisotopic (exact) mass is 341 g/mol. The molecule has 2 heterocycles. The molecule has 0 spiro atoms. The topological polar surface area (TPSA) is 21.9 Å². The number of fused-ring (bicyclic) bond motifs is 4. The molecule has 0 aliphatic carbocycles. The Bertz CT molecular complexity index is 1230. The van der Waals surface area contributed by atoms with Gasteiger partial charge < -0.3 is 4.42 Å². The Morgan fingerprint density at radius 3 is 2.62 bits per heavy atom. The van der Waals surface area contributed by atoms with Crippen LogP contribution in [0.15, 0.2) is 77.5 Å². The molecular weight excluding hydrogens is 320 g/mol. The molecule has 0 bridgehead atoms. The van der Waals surface area contributed by atoms with Gasteiger partial charge in [0.2, 0.25) is 6.33 Å². The molecule has 3 nitrogen and oxygen atoms in total. The molecule has 0 unspecified atom stereocenters. The number of unbranched alkanes of at least 4 members (excludes halogenated alkanes) is 1. The number of aromatic nitrogens is 2. The SMILES string of the molecule is CCCC[n+]1cn(-c2cccc3c2oc2ccccc23)c2ccccc21. The van der Waals surface area contributed by atoms with Crippen LogP contribution in [0.25, 0.3) is 38.7 Å². The number of rotatable bonds is 4. The smallest absolute Gasteiger partial charge is 0.250 e. The van der Waals surface area contributed by atoms with Gasteiger partial charge in [-0.2, -0.15) is 4.57 Å². The largest absolute Gasteiger partial charge is 0.452 e. The van der Waals surface area contributed by atoms with E-state index in [0.717, 1.165) is 28.8 Å². The molecule has 0 N–H and O–H groups in total. The van der Waals surface area contributed by atoms with Gasteiger partial charge in [0.05, 0.1) is 6.54 Å². The first-order valence-corrected chi connectivity index (χ1v) is 9.27. The Morgan fingerprint density at radius 2 is 1.69 bits per heavy atom. The quantitative estimate of drug-likeness (QED) is 0.389. The molecule has 26 heavy (non-hydrogen) atoms. The maximum Gasteiger partial charge on any atom is 0.250 e. The van der Waals surface area contributed by atoms with E-state index in [9.17, 15) is 0 Å². The number of hydrogen-bond acceptors (Lipinski definition) is 1. The van der Waals surface area contributed by atoms with Crippen LogP contribution in [0.3, 0.4) is 0 Å². The van der Waals surface area contributed by atoms with Crippen LogP contribution in [-0.2, 0) is 6.54 Å². The summed E-state index contributed by atoms with van der Waals surface area (Å²) in [5.74, 6) is 0. The summed E-state index contributed by atoms with van der Waals surface area (Å²) in [7, 11) is 0. The van der Waals surface area contributed by atoms with Gasteiger partial charge in [-0.3, -0.25) is 0 Å². The summed E-state index contributed by atoms with van der Waals surface area (Å²) in [5, 5.41) is 2.33. The van der Waals surface area contributed by atoms with Crippen molar-refractivity contribution in [3.05, 3.63) is 73.1 Å². The molecule has 5 rings (SSSR count). The van der Waals surface area contributed by atoms with Gasteiger partial charge in [0.15, 0.2) is 22.3 Å². The molecule has 0 aliphatic heterocycles. The maximum atomic E-state index is 6.25. The molecule has 0 amide bonds. The lowest BCUT2D eigenvalue weighted by Gasteiger charge is -1.98. The first kappa shape index (κ1) is 15.2. The van der Waals surface area contributed by atoms with Gasteiger partial charge in [-0.1, -0.05) is 55.8 Å². The third-order valence-corrected chi connectivity index (χ3v) is 5.10. The normalized spacial score (nSPS) is 11.7. The second-order valence-corrected chi connectivity index (χ2v) is 6.77. The average molecular weight is 341 g/mol. The van der Waals surface area contributed by atoms with Crippen LogP contribution in [-0.4, -0.2) is 4.57 Å². The summed E-state index contributed by atoms with van der Waals surface area (Å²) in [4.78, 5) is 0. The number of nitrogens with zero attached hydrogens (tertiary/aromatic N) is 2. The fraction of sp³-hybridized carbons (Fsp3) is 0.174. The Hall–Kier alpha value is -3.07. The standard InChI is InChI=1S/C23H21N2O/c1-2-3-15-24-16-25(20-12-6-5-11-19(20)24)21-13-8-10-18-17-9-4-7-14-22(17)26-23(18)21/h4-14,16H,2-3,15H2,1H3/q+1. The molecule has 0 saturated heterocycles. The van der Waals surface area contributed by atoms with Gasteiger partial charge in [-0.05, 0) is 30.7 Å². The highest BCUT2D eigenvalue weighted by molar-refractivity contribution is 6.07. The van der Waals surface area contributed by atoms with Crippen LogP contribution in [0, 0.1) is 0 Å². The Morgan fingerprint density at radius 1 is 0.885 bits per heavy atom. The number of para-hydroxylation sites is 4. The number of imidazole rings is 1. The zero-order chi connectivity index (χ0) is 17.5. The minimum atomic E-state index is 0.935. The van der Waals surface area contributed by atoms with E-state index in [1.165, 1.54) is 29.3 Å². The maximum absolute atomic E-state index is 6.25. The molecule has 0 aliphatic rings. The van der Waals surface area contributed by atoms with E-state index in [-0.39, 0.29) is 0 Å². The van der Waals surface area contributed by atoms with Crippen molar-refractivity contribution in [1.82, 2.24) is 4.57 Å². The van der Waals surface area contributed by atoms with Crippen LogP contribution in [0.4, 0.5) is 0 Å². The second kappa shape index (κ2) is 6.03. The predicted octanol–water partition coefficient (Wildman–Crippen LogP) is 5.62. The molecule has 2 aromatic heterocycles. The number of furan rings is 1. The lowest BCUT2D eigenvalue weighted by Crippen LogP contribution is -2.31. The summed E-state index contributed by atoms with van der Waals surface area (Å²) in [6.07, 6.45) is 4.57. The molecule has 0 atom stereocenters. The zero-order valence-electron chi connectivity index (χ0n) is 14.9. The van der Waals surface area contributed by atoms with Crippen LogP contribution >= 0.6 is 0 Å². The van der Waals surface area contributed by atoms with Gasteiger partial charge in [0, 0.05) is 10.8 Å². The van der Waals surface area contributed by atoms with E-state index in [2.05, 4.69) is 77.0 Å². The second-order valence-electron chi connectivity index (χ2n) is 6.77. The molecule has 3 aromatic carbocycles. The van der Waals surface area contributed by atoms with E-state index in [0.29, 0.717) is 0 Å². The van der Waals surface area contributed by atoms with Crippen molar-refractivity contribution in [2.24, 2.45) is 0 Å². The van der Waals surface area contributed by atoms with Crippen molar-refractivity contribution < 1.29 is 8.98 Å². The van der Waals surface area contributed by atoms with Gasteiger partial charge >= 0.3 is 0 Å². The third-order valence-electron chi connectivity index (χ3n) is 5.10. The van der Waals surface area contributed by atoms with E-state index in [4.69, 9.17) is 4.42 Å². The van der Waals surface area contributed by atoms with Crippen LogP contribution in [0.2, 0.25) is 0 Å². The van der Waals surface area contributed by atoms with Gasteiger partial charge in [0.1, 0.15) is 5.58 Å². The fourth-order valence-electron chi connectivity index (χ4n) is 3.80. The van der Waals surface area contributed by atoms with Crippen molar-refractivity contribution in [2.45, 2.75) is 26.3 Å². The third kappa shape index (κ3) is 2.24. The molecule has 0 radical (unpaired) electrons. The van der Waals surface area contributed by atoms with Crippen molar-refractivity contribution in [1.29, 1.82) is 0 Å². The summed E-state index contributed by atoms with van der Waals surface area (Å²) < 4.78 is 10.9. The average Bonchev–Trinajstić information content (AvgIpc) is 3.25. The van der Waals surface area contributed by atoms with Gasteiger partial charge in [0.25, 0.3) is 0 Å². The molecule has 128 valence electrons. The van der Waals surface area contributed by atoms with Crippen molar-refractivity contribution in [3.63, 3.8) is 0 Å². The van der Waals surface area contributed by atoms with E-state index < -0.39 is 0 Å². The number of benzene rings is 3. The summed E-state index contributed by atoms with van der Waals surface area (Å²) in [5.41, 5.74) is 5.43. The first-order chi connectivity index (χ1) is 12.9. The fourth-order valence-corrected chi connectivity index (χ4v) is 3.80. The highest BCUT2D eigenvalue weighted by atomic mass is 16.3. The van der Waals surface area contributed by atoms with Crippen molar-refractivity contribution in [2.75, 3.05) is 0 Å². The Kier molecular flexibility index (Phi) is 3.52. The van der Waals surface area contributed by atoms with E-state index in [1.807, 2.05) is 12.1 Å². The van der Waals surface area contributed by atoms with Crippen molar-refractivity contribution >= 4 is 33.0 Å². The van der Waals surface area contributed by atoms with Gasteiger partial charge in [-0.25, -0.2) is 4.57 Å². The predicted molar refractivity (Wildman–Crippen MR) is 106 cm³/mol. The van der Waals surface area contributed by atoms with Crippen LogP contribution < -0.4 is 4.57 Å². The molecule has 0 saturated carbocycles. The molecule has 5 aromatic rings. The van der Waals surface area contributed by atoms with Crippen LogP contribution in [0.1, 0.15) is 19.8 Å². The van der Waals surface area contributed by atoms with Crippen LogP contribution in [0.5, 0.6) is 0 Å². The molecular formula is C23H21N2O+.